The van der Waals surface area contributed by atoms with Crippen LogP contribution in [0.3, 0.4) is 0 Å². The maximum absolute atomic E-state index is 13.4. The predicted molar refractivity (Wildman–Crippen MR) is 66.3 cm³/mol. The van der Waals surface area contributed by atoms with E-state index in [1.807, 2.05) is 0 Å². The van der Waals surface area contributed by atoms with Gasteiger partial charge in [0.05, 0.1) is 11.8 Å². The number of nitrogens with one attached hydrogen (secondary N) is 1. The first-order chi connectivity index (χ1) is 10.1. The number of nitrogens with zero attached hydrogens (tertiary/aromatic N) is 2. The average Bonchev–Trinajstić information content (AvgIpc) is 3.08. The number of carbonyl (C=O) groups is 1. The van der Waals surface area contributed by atoms with Crippen molar-refractivity contribution in [2.75, 3.05) is 5.32 Å². The van der Waals surface area contributed by atoms with Crippen LogP contribution in [0.1, 0.15) is 10.4 Å². The van der Waals surface area contributed by atoms with E-state index >= 15 is 0 Å². The summed E-state index contributed by atoms with van der Waals surface area (Å²) in [5.74, 6) is -2.20. The van der Waals surface area contributed by atoms with Crippen LogP contribution < -0.4 is 5.32 Å². The van der Waals surface area contributed by atoms with E-state index in [0.29, 0.717) is 11.8 Å². The molecule has 0 atom stereocenters. The van der Waals surface area contributed by atoms with E-state index in [1.165, 1.54) is 6.26 Å². The van der Waals surface area contributed by atoms with Crippen molar-refractivity contribution in [3.05, 3.63) is 53.8 Å². The lowest BCUT2D eigenvalue weighted by Gasteiger charge is -2.01. The zero-order chi connectivity index (χ0) is 14.8. The number of benzene rings is 1. The maximum Gasteiger partial charge on any atom is 0.322 e. The molecule has 0 aliphatic carbocycles. The van der Waals surface area contributed by atoms with Crippen molar-refractivity contribution in [3.63, 3.8) is 0 Å². The van der Waals surface area contributed by atoms with Crippen molar-refractivity contribution in [2.24, 2.45) is 0 Å². The van der Waals surface area contributed by atoms with E-state index < -0.39 is 17.5 Å². The molecule has 0 saturated carbocycles. The first-order valence-corrected chi connectivity index (χ1v) is 5.77. The molecule has 0 fully saturated rings. The number of aromatic nitrogens is 2. The SMILES string of the molecule is O=C(Nc1nnc(-c2ccco2)o1)c1ccc(F)cc1F. The van der Waals surface area contributed by atoms with Gasteiger partial charge in [0.15, 0.2) is 5.76 Å². The molecule has 0 saturated heterocycles. The Kier molecular flexibility index (Phi) is 3.19. The third-order valence-corrected chi connectivity index (χ3v) is 2.55. The van der Waals surface area contributed by atoms with E-state index in [0.717, 1.165) is 12.1 Å². The average molecular weight is 291 g/mol. The Morgan fingerprint density at radius 1 is 1.19 bits per heavy atom. The molecule has 1 amide bonds. The molecule has 3 rings (SSSR count). The molecular weight excluding hydrogens is 284 g/mol. The van der Waals surface area contributed by atoms with Gasteiger partial charge >= 0.3 is 6.01 Å². The Morgan fingerprint density at radius 3 is 2.76 bits per heavy atom. The van der Waals surface area contributed by atoms with Crippen molar-refractivity contribution >= 4 is 11.9 Å². The molecule has 2 aromatic heterocycles. The molecule has 0 unspecified atom stereocenters. The fourth-order valence-corrected chi connectivity index (χ4v) is 1.61. The van der Waals surface area contributed by atoms with Gasteiger partial charge in [-0.15, -0.1) is 5.10 Å². The predicted octanol–water partition coefficient (Wildman–Crippen LogP) is 2.86. The molecule has 0 aliphatic rings. The Balaban J connectivity index is 1.79. The van der Waals surface area contributed by atoms with Gasteiger partial charge in [0.2, 0.25) is 0 Å². The second-order valence-corrected chi connectivity index (χ2v) is 3.97. The first kappa shape index (κ1) is 13.0. The quantitative estimate of drug-likeness (QED) is 0.802. The zero-order valence-corrected chi connectivity index (χ0v) is 10.3. The van der Waals surface area contributed by atoms with E-state index in [9.17, 15) is 13.6 Å². The molecule has 3 aromatic rings. The van der Waals surface area contributed by atoms with Gasteiger partial charge in [-0.1, -0.05) is 5.10 Å². The third kappa shape index (κ3) is 2.64. The van der Waals surface area contributed by atoms with Crippen LogP contribution in [-0.4, -0.2) is 16.1 Å². The van der Waals surface area contributed by atoms with Crippen molar-refractivity contribution < 1.29 is 22.4 Å². The second-order valence-electron chi connectivity index (χ2n) is 3.97. The highest BCUT2D eigenvalue weighted by molar-refractivity contribution is 6.03. The lowest BCUT2D eigenvalue weighted by atomic mass is 10.2. The second kappa shape index (κ2) is 5.16. The fourth-order valence-electron chi connectivity index (χ4n) is 1.61. The van der Waals surface area contributed by atoms with Crippen LogP contribution in [0.25, 0.3) is 11.7 Å². The topological polar surface area (TPSA) is 81.2 Å². The molecule has 0 aliphatic heterocycles. The number of rotatable bonds is 3. The normalized spacial score (nSPS) is 10.6. The van der Waals surface area contributed by atoms with Crippen molar-refractivity contribution in [3.8, 4) is 11.7 Å². The van der Waals surface area contributed by atoms with Crippen LogP contribution in [-0.2, 0) is 0 Å². The monoisotopic (exact) mass is 291 g/mol. The van der Waals surface area contributed by atoms with Gasteiger partial charge in [-0.2, -0.15) is 0 Å². The van der Waals surface area contributed by atoms with E-state index in [-0.39, 0.29) is 17.5 Å². The van der Waals surface area contributed by atoms with Crippen molar-refractivity contribution in [1.29, 1.82) is 0 Å². The number of carbonyl (C=O) groups excluding carboxylic acids is 1. The standard InChI is InChI=1S/C13H7F2N3O3/c14-7-3-4-8(9(15)6-7)11(19)16-13-18-17-12(21-13)10-2-1-5-20-10/h1-6H,(H,16,18,19). The lowest BCUT2D eigenvalue weighted by Crippen LogP contribution is -2.14. The molecule has 8 heteroatoms. The van der Waals surface area contributed by atoms with E-state index in [2.05, 4.69) is 15.5 Å². The maximum atomic E-state index is 13.4. The van der Waals surface area contributed by atoms with Gasteiger partial charge < -0.3 is 8.83 Å². The fraction of sp³-hybridized carbons (Fsp3) is 0. The van der Waals surface area contributed by atoms with Crippen LogP contribution in [0, 0.1) is 11.6 Å². The molecule has 0 bridgehead atoms. The third-order valence-electron chi connectivity index (χ3n) is 2.55. The number of hydrogen-bond donors (Lipinski definition) is 1. The minimum atomic E-state index is -0.988. The van der Waals surface area contributed by atoms with Gasteiger partial charge in [-0.05, 0) is 24.3 Å². The number of hydrogen-bond acceptors (Lipinski definition) is 5. The molecule has 6 nitrogen and oxygen atoms in total. The molecule has 1 N–H and O–H groups in total. The van der Waals surface area contributed by atoms with Crippen LogP contribution in [0.4, 0.5) is 14.8 Å². The van der Waals surface area contributed by atoms with Gasteiger partial charge in [-0.25, -0.2) is 8.78 Å². The summed E-state index contributed by atoms with van der Waals surface area (Å²) in [7, 11) is 0. The summed E-state index contributed by atoms with van der Waals surface area (Å²) in [4.78, 5) is 11.8. The van der Waals surface area contributed by atoms with E-state index in [1.54, 1.807) is 12.1 Å². The smallest absolute Gasteiger partial charge is 0.322 e. The summed E-state index contributed by atoms with van der Waals surface area (Å²) >= 11 is 0. The molecule has 2 heterocycles. The van der Waals surface area contributed by atoms with E-state index in [4.69, 9.17) is 8.83 Å². The number of anilines is 1. The number of amides is 1. The Labute approximate surface area is 116 Å². The summed E-state index contributed by atoms with van der Waals surface area (Å²) < 4.78 is 36.4. The Bertz CT molecular complexity index is 784. The lowest BCUT2D eigenvalue weighted by molar-refractivity contribution is 0.102. The number of furan rings is 1. The number of halogens is 2. The van der Waals surface area contributed by atoms with Crippen LogP contribution in [0.2, 0.25) is 0 Å². The minimum Gasteiger partial charge on any atom is -0.459 e. The summed E-state index contributed by atoms with van der Waals surface area (Å²) in [5, 5.41) is 9.46. The molecule has 1 aromatic carbocycles. The van der Waals surface area contributed by atoms with Crippen molar-refractivity contribution in [2.45, 2.75) is 0 Å². The molecular formula is C13H7F2N3O3. The highest BCUT2D eigenvalue weighted by Gasteiger charge is 2.17. The van der Waals surface area contributed by atoms with Crippen LogP contribution in [0.15, 0.2) is 45.4 Å². The summed E-state index contributed by atoms with van der Waals surface area (Å²) in [6, 6.07) is 5.60. The zero-order valence-electron chi connectivity index (χ0n) is 10.3. The highest BCUT2D eigenvalue weighted by Crippen LogP contribution is 2.20. The van der Waals surface area contributed by atoms with Gasteiger partial charge in [0.1, 0.15) is 11.6 Å². The van der Waals surface area contributed by atoms with Gasteiger partial charge in [-0.3, -0.25) is 10.1 Å². The molecule has 0 spiro atoms. The first-order valence-electron chi connectivity index (χ1n) is 5.77. The Hall–Kier alpha value is -3.03. The largest absolute Gasteiger partial charge is 0.459 e. The minimum absolute atomic E-state index is 0.0647. The van der Waals surface area contributed by atoms with Gasteiger partial charge in [0.25, 0.3) is 11.8 Å². The summed E-state index contributed by atoms with van der Waals surface area (Å²) in [6.45, 7) is 0. The molecule has 21 heavy (non-hydrogen) atoms. The Morgan fingerprint density at radius 2 is 2.05 bits per heavy atom. The summed E-state index contributed by atoms with van der Waals surface area (Å²) in [6.07, 6.45) is 1.42. The molecule has 0 radical (unpaired) electrons. The molecule has 106 valence electrons. The van der Waals surface area contributed by atoms with Crippen LogP contribution in [0.5, 0.6) is 0 Å². The van der Waals surface area contributed by atoms with Gasteiger partial charge in [0, 0.05) is 6.07 Å². The van der Waals surface area contributed by atoms with Crippen molar-refractivity contribution in [1.82, 2.24) is 10.2 Å². The highest BCUT2D eigenvalue weighted by atomic mass is 19.1. The van der Waals surface area contributed by atoms with Crippen LogP contribution >= 0.6 is 0 Å². The summed E-state index contributed by atoms with van der Waals surface area (Å²) in [5.41, 5.74) is -0.339.